The molecule has 1 aliphatic rings. The molecule has 1 aromatic rings. The summed E-state index contributed by atoms with van der Waals surface area (Å²) in [6, 6.07) is 0. The first-order chi connectivity index (χ1) is 8.07. The van der Waals surface area contributed by atoms with Gasteiger partial charge in [0, 0.05) is 7.05 Å². The number of hydrogen-bond acceptors (Lipinski definition) is 2. The highest BCUT2D eigenvalue weighted by atomic mass is 79.9. The summed E-state index contributed by atoms with van der Waals surface area (Å²) in [6.07, 6.45) is 8.28. The van der Waals surface area contributed by atoms with Crippen LogP contribution in [0.1, 0.15) is 51.1 Å². The number of aliphatic hydroxyl groups is 1. The quantitative estimate of drug-likeness (QED) is 0.929. The van der Waals surface area contributed by atoms with Gasteiger partial charge in [0.25, 0.3) is 0 Å². The van der Waals surface area contributed by atoms with E-state index in [1.807, 2.05) is 7.05 Å². The molecular weight excluding hydrogens is 280 g/mol. The van der Waals surface area contributed by atoms with Crippen molar-refractivity contribution < 1.29 is 5.11 Å². The Morgan fingerprint density at radius 1 is 1.53 bits per heavy atom. The van der Waals surface area contributed by atoms with Gasteiger partial charge in [-0.15, -0.1) is 0 Å². The molecule has 0 unspecified atom stereocenters. The van der Waals surface area contributed by atoms with E-state index in [0.29, 0.717) is 0 Å². The number of halogens is 1. The van der Waals surface area contributed by atoms with Crippen LogP contribution >= 0.6 is 15.9 Å². The number of rotatable bonds is 3. The molecule has 0 radical (unpaired) electrons. The zero-order valence-electron chi connectivity index (χ0n) is 10.6. The molecule has 3 nitrogen and oxygen atoms in total. The third-order valence-corrected chi connectivity index (χ3v) is 4.54. The number of aromatic nitrogens is 2. The topological polar surface area (TPSA) is 38.1 Å². The maximum atomic E-state index is 10.8. The SMILES string of the molecule is CCCC1CCC(O)(c2c(Br)cnn2C)CC1. The van der Waals surface area contributed by atoms with Gasteiger partial charge in [-0.3, -0.25) is 4.68 Å². The first kappa shape index (κ1) is 13.1. The van der Waals surface area contributed by atoms with Gasteiger partial charge in [-0.1, -0.05) is 19.8 Å². The van der Waals surface area contributed by atoms with Crippen LogP contribution in [0.5, 0.6) is 0 Å². The van der Waals surface area contributed by atoms with Crippen molar-refractivity contribution in [1.29, 1.82) is 0 Å². The van der Waals surface area contributed by atoms with Gasteiger partial charge < -0.3 is 5.11 Å². The van der Waals surface area contributed by atoms with Gasteiger partial charge in [-0.2, -0.15) is 5.10 Å². The minimum Gasteiger partial charge on any atom is -0.384 e. The van der Waals surface area contributed by atoms with Crippen molar-refractivity contribution in [1.82, 2.24) is 9.78 Å². The van der Waals surface area contributed by atoms with Crippen LogP contribution in [-0.4, -0.2) is 14.9 Å². The summed E-state index contributed by atoms with van der Waals surface area (Å²) >= 11 is 3.49. The van der Waals surface area contributed by atoms with Gasteiger partial charge >= 0.3 is 0 Å². The predicted octanol–water partition coefficient (Wildman–Crippen LogP) is 3.36. The van der Waals surface area contributed by atoms with E-state index in [1.54, 1.807) is 10.9 Å². The zero-order valence-corrected chi connectivity index (χ0v) is 12.2. The number of aryl methyl sites for hydroxylation is 1. The van der Waals surface area contributed by atoms with Crippen LogP contribution in [0.3, 0.4) is 0 Å². The highest BCUT2D eigenvalue weighted by molar-refractivity contribution is 9.10. The van der Waals surface area contributed by atoms with Crippen molar-refractivity contribution in [3.63, 3.8) is 0 Å². The molecule has 1 heterocycles. The standard InChI is InChI=1S/C13H21BrN2O/c1-3-4-10-5-7-13(17,8-6-10)12-11(14)9-15-16(12)2/h9-10,17H,3-8H2,1-2H3. The van der Waals surface area contributed by atoms with Crippen LogP contribution in [0.25, 0.3) is 0 Å². The first-order valence-corrected chi connectivity index (χ1v) is 7.26. The molecule has 0 saturated heterocycles. The zero-order chi connectivity index (χ0) is 12.5. The van der Waals surface area contributed by atoms with E-state index in [1.165, 1.54) is 12.8 Å². The van der Waals surface area contributed by atoms with E-state index in [4.69, 9.17) is 0 Å². The second-order valence-corrected chi connectivity index (χ2v) is 6.08. The van der Waals surface area contributed by atoms with Crippen molar-refractivity contribution in [2.75, 3.05) is 0 Å². The fourth-order valence-electron chi connectivity index (χ4n) is 3.02. The van der Waals surface area contributed by atoms with Crippen molar-refractivity contribution in [2.45, 2.75) is 51.0 Å². The molecule has 0 atom stereocenters. The van der Waals surface area contributed by atoms with Gasteiger partial charge in [0.1, 0.15) is 5.60 Å². The predicted molar refractivity (Wildman–Crippen MR) is 71.7 cm³/mol. The van der Waals surface area contributed by atoms with Crippen molar-refractivity contribution in [3.8, 4) is 0 Å². The Hall–Kier alpha value is -0.350. The third kappa shape index (κ3) is 2.58. The Balaban J connectivity index is 2.12. The van der Waals surface area contributed by atoms with E-state index < -0.39 is 5.60 Å². The lowest BCUT2D eigenvalue weighted by atomic mass is 9.76. The van der Waals surface area contributed by atoms with Gasteiger partial charge in [-0.25, -0.2) is 0 Å². The van der Waals surface area contributed by atoms with Crippen LogP contribution in [0, 0.1) is 5.92 Å². The summed E-state index contributed by atoms with van der Waals surface area (Å²) in [5.41, 5.74) is 0.251. The van der Waals surface area contributed by atoms with Crippen molar-refractivity contribution in [2.24, 2.45) is 13.0 Å². The Bertz CT molecular complexity index is 361. The van der Waals surface area contributed by atoms with E-state index in [2.05, 4.69) is 28.0 Å². The minimum atomic E-state index is -0.686. The van der Waals surface area contributed by atoms with Crippen molar-refractivity contribution in [3.05, 3.63) is 16.4 Å². The molecule has 1 fully saturated rings. The highest BCUT2D eigenvalue weighted by Gasteiger charge is 2.38. The van der Waals surface area contributed by atoms with Gasteiger partial charge in [0.05, 0.1) is 16.4 Å². The van der Waals surface area contributed by atoms with Crippen LogP contribution < -0.4 is 0 Å². The smallest absolute Gasteiger partial charge is 0.107 e. The Labute approximate surface area is 111 Å². The summed E-state index contributed by atoms with van der Waals surface area (Å²) in [5.74, 6) is 0.798. The molecular formula is C13H21BrN2O. The molecule has 1 saturated carbocycles. The molecule has 96 valence electrons. The summed E-state index contributed by atoms with van der Waals surface area (Å²) in [5, 5.41) is 15.0. The summed E-state index contributed by atoms with van der Waals surface area (Å²) < 4.78 is 2.72. The highest BCUT2D eigenvalue weighted by Crippen LogP contribution is 2.42. The molecule has 4 heteroatoms. The molecule has 1 N–H and O–H groups in total. The number of hydrogen-bond donors (Lipinski definition) is 1. The van der Waals surface area contributed by atoms with Crippen LogP contribution in [0.4, 0.5) is 0 Å². The Morgan fingerprint density at radius 3 is 2.65 bits per heavy atom. The van der Waals surface area contributed by atoms with Crippen LogP contribution in [0.15, 0.2) is 10.7 Å². The molecule has 0 bridgehead atoms. The first-order valence-electron chi connectivity index (χ1n) is 6.47. The Morgan fingerprint density at radius 2 is 2.18 bits per heavy atom. The van der Waals surface area contributed by atoms with E-state index in [-0.39, 0.29) is 0 Å². The second kappa shape index (κ2) is 5.11. The van der Waals surface area contributed by atoms with Gasteiger partial charge in [-0.05, 0) is 47.5 Å². The van der Waals surface area contributed by atoms with E-state index >= 15 is 0 Å². The fourth-order valence-corrected chi connectivity index (χ4v) is 3.74. The molecule has 1 aromatic heterocycles. The lowest BCUT2D eigenvalue weighted by Crippen LogP contribution is -2.33. The molecule has 0 amide bonds. The molecule has 0 spiro atoms. The van der Waals surface area contributed by atoms with Crippen LogP contribution in [-0.2, 0) is 12.6 Å². The lowest BCUT2D eigenvalue weighted by molar-refractivity contribution is -0.0225. The minimum absolute atomic E-state index is 0.686. The second-order valence-electron chi connectivity index (χ2n) is 5.23. The van der Waals surface area contributed by atoms with Gasteiger partial charge in [0.2, 0.25) is 0 Å². The molecule has 17 heavy (non-hydrogen) atoms. The summed E-state index contributed by atoms with van der Waals surface area (Å²) in [6.45, 7) is 2.23. The summed E-state index contributed by atoms with van der Waals surface area (Å²) in [7, 11) is 1.90. The van der Waals surface area contributed by atoms with E-state index in [0.717, 1.165) is 41.8 Å². The van der Waals surface area contributed by atoms with Gasteiger partial charge in [0.15, 0.2) is 0 Å². The van der Waals surface area contributed by atoms with E-state index in [9.17, 15) is 5.11 Å². The monoisotopic (exact) mass is 300 g/mol. The molecule has 2 rings (SSSR count). The average Bonchev–Trinajstić information content (AvgIpc) is 2.63. The maximum Gasteiger partial charge on any atom is 0.107 e. The average molecular weight is 301 g/mol. The van der Waals surface area contributed by atoms with Crippen molar-refractivity contribution >= 4 is 15.9 Å². The largest absolute Gasteiger partial charge is 0.384 e. The number of nitrogens with zero attached hydrogens (tertiary/aromatic N) is 2. The maximum absolute atomic E-state index is 10.8. The fraction of sp³-hybridized carbons (Fsp3) is 0.769. The molecule has 0 aliphatic heterocycles. The summed E-state index contributed by atoms with van der Waals surface area (Å²) in [4.78, 5) is 0. The third-order valence-electron chi connectivity index (χ3n) is 3.96. The lowest BCUT2D eigenvalue weighted by Gasteiger charge is -2.36. The molecule has 0 aromatic carbocycles. The normalized spacial score (nSPS) is 29.5. The van der Waals surface area contributed by atoms with Crippen LogP contribution in [0.2, 0.25) is 0 Å². The Kier molecular flexibility index (Phi) is 3.93. The molecule has 1 aliphatic carbocycles.